The maximum absolute atomic E-state index is 12.1. The Bertz CT molecular complexity index is 913. The molecule has 3 heterocycles. The van der Waals surface area contributed by atoms with Crippen LogP contribution in [0.5, 0.6) is 0 Å². The smallest absolute Gasteiger partial charge is 0.321 e. The van der Waals surface area contributed by atoms with Crippen LogP contribution < -0.4 is 4.72 Å². The van der Waals surface area contributed by atoms with E-state index in [1.54, 1.807) is 0 Å². The van der Waals surface area contributed by atoms with E-state index in [-0.39, 0.29) is 6.04 Å². The van der Waals surface area contributed by atoms with Crippen LogP contribution in [0.4, 0.5) is 0 Å². The molecule has 24 heavy (non-hydrogen) atoms. The molecule has 1 fully saturated rings. The van der Waals surface area contributed by atoms with Gasteiger partial charge in [-0.3, -0.25) is 4.21 Å². The van der Waals surface area contributed by atoms with Crippen LogP contribution >= 0.6 is 0 Å². The van der Waals surface area contributed by atoms with Gasteiger partial charge in [-0.2, -0.15) is 0 Å². The predicted octanol–water partition coefficient (Wildman–Crippen LogP) is 1.58. The summed E-state index contributed by atoms with van der Waals surface area (Å²) in [5, 5.41) is 11.3. The molecular formula is C17H22BN3O2S. The highest BCUT2D eigenvalue weighted by Gasteiger charge is 2.37. The van der Waals surface area contributed by atoms with Crippen LogP contribution in [0.3, 0.4) is 0 Å². The number of rotatable bonds is 4. The fourth-order valence-electron chi connectivity index (χ4n) is 3.81. The SMILES string of the molecule is C=S(=O)(CC)NC1CC(C2=CB(O)Cc3cnc4[nH]ccc4c32)C1. The number of H-pyrrole nitrogens is 1. The Kier molecular flexibility index (Phi) is 3.82. The number of hydrogen-bond donors (Lipinski definition) is 3. The second-order valence-electron chi connectivity index (χ2n) is 6.88. The quantitative estimate of drug-likeness (QED) is 0.583. The summed E-state index contributed by atoms with van der Waals surface area (Å²) in [5.74, 6) is 6.70. The summed E-state index contributed by atoms with van der Waals surface area (Å²) in [4.78, 5) is 7.61. The molecule has 3 N–H and O–H groups in total. The van der Waals surface area contributed by atoms with E-state index < -0.39 is 16.6 Å². The summed E-state index contributed by atoms with van der Waals surface area (Å²) in [7, 11) is -2.16. The van der Waals surface area contributed by atoms with Gasteiger partial charge in [0, 0.05) is 39.3 Å². The Morgan fingerprint density at radius 1 is 1.54 bits per heavy atom. The van der Waals surface area contributed by atoms with Gasteiger partial charge in [0.2, 0.25) is 0 Å². The van der Waals surface area contributed by atoms with Gasteiger partial charge in [-0.1, -0.05) is 12.9 Å². The maximum Gasteiger partial charge on any atom is 0.321 e. The molecule has 1 atom stereocenters. The first kappa shape index (κ1) is 15.9. The third kappa shape index (κ3) is 2.70. The highest BCUT2D eigenvalue weighted by molar-refractivity contribution is 7.98. The molecule has 126 valence electrons. The Hall–Kier alpha value is -1.57. The Morgan fingerprint density at radius 2 is 2.33 bits per heavy atom. The number of nitrogens with zero attached hydrogens (tertiary/aromatic N) is 1. The molecule has 0 amide bonds. The minimum atomic E-state index is -2.16. The summed E-state index contributed by atoms with van der Waals surface area (Å²) in [6, 6.07) is 2.30. The zero-order valence-corrected chi connectivity index (χ0v) is 14.6. The summed E-state index contributed by atoms with van der Waals surface area (Å²) in [6.45, 7) is 1.44. The van der Waals surface area contributed by atoms with Gasteiger partial charge >= 0.3 is 6.92 Å². The van der Waals surface area contributed by atoms with E-state index in [0.29, 0.717) is 18.0 Å². The average Bonchev–Trinajstić information content (AvgIpc) is 2.98. The highest BCUT2D eigenvalue weighted by atomic mass is 32.2. The Balaban J connectivity index is 1.62. The van der Waals surface area contributed by atoms with Crippen LogP contribution in [0.25, 0.3) is 16.6 Å². The van der Waals surface area contributed by atoms with Gasteiger partial charge in [-0.15, -0.1) is 0 Å². The molecule has 2 aromatic rings. The van der Waals surface area contributed by atoms with Crippen molar-refractivity contribution >= 4 is 39.1 Å². The standard InChI is InChI=1S/C17H22BN3O2S/c1-3-24(2,23)21-13-6-11(7-13)15-9-18(22)8-12-10-20-17-14(16(12)15)4-5-19-17/h4-5,9-11,13,22H,2-3,6-8H2,1H3,(H,19,20)(H,21,23). The summed E-state index contributed by atoms with van der Waals surface area (Å²) in [6.07, 6.45) is 6.25. The molecular weight excluding hydrogens is 321 g/mol. The monoisotopic (exact) mass is 343 g/mol. The van der Waals surface area contributed by atoms with Gasteiger partial charge in [0.1, 0.15) is 5.65 Å². The number of hydrogen-bond acceptors (Lipinski definition) is 3. The number of nitrogens with one attached hydrogen (secondary N) is 2. The van der Waals surface area contributed by atoms with Crippen LogP contribution in [-0.4, -0.2) is 43.8 Å². The van der Waals surface area contributed by atoms with Crippen molar-refractivity contribution in [2.75, 3.05) is 5.75 Å². The Morgan fingerprint density at radius 3 is 3.08 bits per heavy atom. The van der Waals surface area contributed by atoms with E-state index in [4.69, 9.17) is 0 Å². The molecule has 2 aromatic heterocycles. The maximum atomic E-state index is 12.1. The second kappa shape index (κ2) is 5.76. The van der Waals surface area contributed by atoms with Crippen molar-refractivity contribution in [2.45, 2.75) is 32.1 Å². The summed E-state index contributed by atoms with van der Waals surface area (Å²) < 4.78 is 15.3. The van der Waals surface area contributed by atoms with Crippen LogP contribution in [0.2, 0.25) is 0 Å². The van der Waals surface area contributed by atoms with E-state index in [2.05, 4.69) is 26.6 Å². The first-order valence-corrected chi connectivity index (χ1v) is 10.3. The van der Waals surface area contributed by atoms with Gasteiger partial charge in [0.25, 0.3) is 0 Å². The summed E-state index contributed by atoms with van der Waals surface area (Å²) in [5.41, 5.74) is 4.43. The van der Waals surface area contributed by atoms with Gasteiger partial charge in [-0.25, -0.2) is 9.71 Å². The lowest BCUT2D eigenvalue weighted by Gasteiger charge is -2.40. The molecule has 0 spiro atoms. The lowest BCUT2D eigenvalue weighted by Crippen LogP contribution is -2.45. The number of allylic oxidation sites excluding steroid dienone is 1. The van der Waals surface area contributed by atoms with Gasteiger partial charge in [0.15, 0.2) is 0 Å². The molecule has 0 saturated heterocycles. The molecule has 5 nitrogen and oxygen atoms in total. The van der Waals surface area contributed by atoms with Crippen molar-refractivity contribution in [3.63, 3.8) is 0 Å². The van der Waals surface area contributed by atoms with Crippen molar-refractivity contribution in [2.24, 2.45) is 5.92 Å². The minimum Gasteiger partial charge on any atom is -0.446 e. The normalized spacial score (nSPS) is 25.8. The number of fused-ring (bicyclic) bond motifs is 3. The van der Waals surface area contributed by atoms with Crippen molar-refractivity contribution in [3.8, 4) is 0 Å². The number of aromatic nitrogens is 2. The van der Waals surface area contributed by atoms with Crippen molar-refractivity contribution < 1.29 is 9.23 Å². The zero-order chi connectivity index (χ0) is 16.9. The van der Waals surface area contributed by atoms with Crippen LogP contribution in [0.15, 0.2) is 24.4 Å². The molecule has 2 aliphatic rings. The van der Waals surface area contributed by atoms with Crippen LogP contribution in [-0.2, 0) is 16.0 Å². The lowest BCUT2D eigenvalue weighted by molar-refractivity contribution is 0.314. The fraction of sp³-hybridized carbons (Fsp3) is 0.412. The molecule has 1 aliphatic carbocycles. The highest BCUT2D eigenvalue weighted by Crippen LogP contribution is 2.44. The lowest BCUT2D eigenvalue weighted by atomic mass is 9.55. The van der Waals surface area contributed by atoms with Gasteiger partial charge in [0.05, 0.1) is 0 Å². The van der Waals surface area contributed by atoms with E-state index >= 15 is 0 Å². The topological polar surface area (TPSA) is 78.0 Å². The predicted molar refractivity (Wildman–Crippen MR) is 101 cm³/mol. The number of aromatic amines is 1. The van der Waals surface area contributed by atoms with Crippen molar-refractivity contribution in [1.82, 2.24) is 14.7 Å². The number of pyridine rings is 1. The van der Waals surface area contributed by atoms with E-state index in [1.165, 1.54) is 11.1 Å². The average molecular weight is 343 g/mol. The first-order chi connectivity index (χ1) is 11.5. The van der Waals surface area contributed by atoms with Gasteiger partial charge < -0.3 is 10.0 Å². The Labute approximate surface area is 142 Å². The largest absolute Gasteiger partial charge is 0.446 e. The third-order valence-electron chi connectivity index (χ3n) is 5.18. The molecule has 1 unspecified atom stereocenters. The van der Waals surface area contributed by atoms with Crippen LogP contribution in [0.1, 0.15) is 30.9 Å². The van der Waals surface area contributed by atoms with Crippen molar-refractivity contribution in [1.29, 1.82) is 0 Å². The zero-order valence-electron chi connectivity index (χ0n) is 13.8. The molecule has 0 radical (unpaired) electrons. The molecule has 0 aromatic carbocycles. The van der Waals surface area contributed by atoms with E-state index in [9.17, 15) is 9.23 Å². The molecule has 0 bridgehead atoms. The second-order valence-corrected chi connectivity index (χ2v) is 9.31. The van der Waals surface area contributed by atoms with E-state index in [0.717, 1.165) is 29.4 Å². The minimum absolute atomic E-state index is 0.243. The molecule has 1 aliphatic heterocycles. The van der Waals surface area contributed by atoms with Crippen LogP contribution in [0, 0.1) is 5.92 Å². The first-order valence-electron chi connectivity index (χ1n) is 8.44. The summed E-state index contributed by atoms with van der Waals surface area (Å²) >= 11 is 0. The van der Waals surface area contributed by atoms with Crippen molar-refractivity contribution in [3.05, 3.63) is 35.6 Å². The molecule has 4 rings (SSSR count). The molecule has 1 saturated carbocycles. The fourth-order valence-corrected chi connectivity index (χ4v) is 4.78. The third-order valence-corrected chi connectivity index (χ3v) is 6.88. The molecule has 7 heteroatoms. The van der Waals surface area contributed by atoms with E-state index in [1.807, 2.05) is 25.3 Å². The van der Waals surface area contributed by atoms with Gasteiger partial charge in [-0.05, 0) is 53.7 Å².